The maximum atomic E-state index is 11.6. The molecule has 0 unspecified atom stereocenters. The van der Waals surface area contributed by atoms with Gasteiger partial charge in [0.2, 0.25) is 0 Å². The van der Waals surface area contributed by atoms with Gasteiger partial charge in [-0.2, -0.15) is 0 Å². The van der Waals surface area contributed by atoms with Crippen LogP contribution in [0.5, 0.6) is 0 Å². The van der Waals surface area contributed by atoms with Gasteiger partial charge in [0.15, 0.2) is 0 Å². The van der Waals surface area contributed by atoms with E-state index in [2.05, 4.69) is 0 Å². The Morgan fingerprint density at radius 3 is 2.38 bits per heavy atom. The quantitative estimate of drug-likeness (QED) is 0.426. The summed E-state index contributed by atoms with van der Waals surface area (Å²) in [7, 11) is 0. The van der Waals surface area contributed by atoms with Crippen molar-refractivity contribution in [1.29, 1.82) is 0 Å². The highest BCUT2D eigenvalue weighted by Gasteiger charge is 2.38. The lowest BCUT2D eigenvalue weighted by Crippen LogP contribution is -2.41. The minimum Gasteiger partial charge on any atom is -0.419 e. The Bertz CT molecular complexity index is 434. The van der Waals surface area contributed by atoms with E-state index >= 15 is 0 Å². The molecule has 0 N–H and O–H groups in total. The highest BCUT2D eigenvalue weighted by molar-refractivity contribution is 7.10. The summed E-state index contributed by atoms with van der Waals surface area (Å²) in [6.07, 6.45) is 1.48. The summed E-state index contributed by atoms with van der Waals surface area (Å²) in [5.41, 5.74) is -0.0678. The van der Waals surface area contributed by atoms with Gasteiger partial charge in [-0.25, -0.2) is 9.59 Å². The fourth-order valence-corrected chi connectivity index (χ4v) is 1.95. The number of carbonyl (C=O) groups excluding carboxylic acids is 2. The minimum absolute atomic E-state index is 0.0678. The van der Waals surface area contributed by atoms with E-state index in [1.807, 2.05) is 11.4 Å². The summed E-state index contributed by atoms with van der Waals surface area (Å²) in [5.74, 6) is -2.47. The topological polar surface area (TPSA) is 52.6 Å². The van der Waals surface area contributed by atoms with E-state index in [1.54, 1.807) is 6.07 Å². The van der Waals surface area contributed by atoms with E-state index in [0.717, 1.165) is 4.88 Å². The second kappa shape index (κ2) is 3.75. The third-order valence-electron chi connectivity index (χ3n) is 1.95. The molecule has 1 saturated heterocycles. The maximum absolute atomic E-state index is 11.6. The van der Waals surface area contributed by atoms with Crippen LogP contribution < -0.4 is 0 Å². The highest BCUT2D eigenvalue weighted by Crippen LogP contribution is 2.24. The van der Waals surface area contributed by atoms with E-state index in [4.69, 9.17) is 9.47 Å². The molecular formula is C11H10O4S. The van der Waals surface area contributed by atoms with Gasteiger partial charge >= 0.3 is 11.9 Å². The van der Waals surface area contributed by atoms with Gasteiger partial charge in [0, 0.05) is 18.7 Å². The van der Waals surface area contributed by atoms with E-state index in [0.29, 0.717) is 0 Å². The number of hydrogen-bond acceptors (Lipinski definition) is 5. The normalized spacial score (nSPS) is 19.0. The molecule has 0 saturated carbocycles. The molecule has 1 fully saturated rings. The van der Waals surface area contributed by atoms with Gasteiger partial charge in [-0.3, -0.25) is 0 Å². The van der Waals surface area contributed by atoms with Crippen molar-refractivity contribution in [3.63, 3.8) is 0 Å². The van der Waals surface area contributed by atoms with Crippen molar-refractivity contribution in [2.75, 3.05) is 0 Å². The molecule has 0 spiro atoms. The molecule has 84 valence electrons. The summed E-state index contributed by atoms with van der Waals surface area (Å²) < 4.78 is 9.92. The number of cyclic esters (lactones) is 2. The number of ether oxygens (including phenoxy) is 2. The van der Waals surface area contributed by atoms with E-state index in [9.17, 15) is 9.59 Å². The van der Waals surface area contributed by atoms with Crippen molar-refractivity contribution in [2.24, 2.45) is 0 Å². The minimum atomic E-state index is -1.18. The molecule has 2 heterocycles. The molecule has 0 aromatic carbocycles. The molecule has 1 aromatic heterocycles. The first-order valence-corrected chi connectivity index (χ1v) is 5.58. The average Bonchev–Trinajstić information content (AvgIpc) is 2.62. The largest absolute Gasteiger partial charge is 0.419 e. The van der Waals surface area contributed by atoms with Crippen LogP contribution in [0.25, 0.3) is 6.08 Å². The van der Waals surface area contributed by atoms with Crippen molar-refractivity contribution < 1.29 is 19.1 Å². The Morgan fingerprint density at radius 2 is 1.88 bits per heavy atom. The van der Waals surface area contributed by atoms with Crippen LogP contribution in [-0.4, -0.2) is 17.7 Å². The van der Waals surface area contributed by atoms with Crippen LogP contribution in [0.15, 0.2) is 23.1 Å². The predicted molar refractivity (Wildman–Crippen MR) is 58.6 cm³/mol. The smallest absolute Gasteiger partial charge is 0.348 e. The zero-order valence-electron chi connectivity index (χ0n) is 8.85. The highest BCUT2D eigenvalue weighted by atomic mass is 32.1. The first kappa shape index (κ1) is 10.9. The van der Waals surface area contributed by atoms with Crippen LogP contribution in [0.1, 0.15) is 18.7 Å². The van der Waals surface area contributed by atoms with Crippen molar-refractivity contribution >= 4 is 29.4 Å². The third-order valence-corrected chi connectivity index (χ3v) is 2.77. The first-order valence-electron chi connectivity index (χ1n) is 4.70. The van der Waals surface area contributed by atoms with Crippen LogP contribution in [0.4, 0.5) is 0 Å². The van der Waals surface area contributed by atoms with Gasteiger partial charge in [0.25, 0.3) is 5.79 Å². The number of esters is 2. The molecule has 0 bridgehead atoms. The van der Waals surface area contributed by atoms with E-state index in [-0.39, 0.29) is 5.57 Å². The van der Waals surface area contributed by atoms with Crippen molar-refractivity contribution in [1.82, 2.24) is 0 Å². The second-order valence-electron chi connectivity index (χ2n) is 3.75. The molecule has 4 nitrogen and oxygen atoms in total. The summed E-state index contributed by atoms with van der Waals surface area (Å²) in [4.78, 5) is 23.9. The van der Waals surface area contributed by atoms with Gasteiger partial charge in [0.1, 0.15) is 5.57 Å². The van der Waals surface area contributed by atoms with E-state index in [1.165, 1.54) is 31.3 Å². The Labute approximate surface area is 96.5 Å². The van der Waals surface area contributed by atoms with Gasteiger partial charge < -0.3 is 9.47 Å². The van der Waals surface area contributed by atoms with Crippen LogP contribution in [0.2, 0.25) is 0 Å². The Morgan fingerprint density at radius 1 is 1.25 bits per heavy atom. The number of thiophene rings is 1. The zero-order chi connectivity index (χ0) is 11.8. The van der Waals surface area contributed by atoms with Gasteiger partial charge in [-0.1, -0.05) is 6.07 Å². The molecule has 0 radical (unpaired) electrons. The SMILES string of the molecule is CC1(C)OC(=O)C(=Cc2cccs2)C(=O)O1. The number of hydrogen-bond donors (Lipinski definition) is 0. The van der Waals surface area contributed by atoms with Gasteiger partial charge in [-0.05, 0) is 17.5 Å². The van der Waals surface area contributed by atoms with Crippen LogP contribution >= 0.6 is 11.3 Å². The second-order valence-corrected chi connectivity index (χ2v) is 4.73. The Balaban J connectivity index is 2.30. The molecular weight excluding hydrogens is 228 g/mol. The Kier molecular flexibility index (Phi) is 2.55. The number of rotatable bonds is 1. The molecule has 1 aliphatic heterocycles. The first-order chi connectivity index (χ1) is 7.48. The lowest BCUT2D eigenvalue weighted by Gasteiger charge is -2.29. The summed E-state index contributed by atoms with van der Waals surface area (Å²) in [6, 6.07) is 3.64. The van der Waals surface area contributed by atoms with Crippen LogP contribution in [-0.2, 0) is 19.1 Å². The molecule has 2 rings (SSSR count). The standard InChI is InChI=1S/C11H10O4S/c1-11(2)14-9(12)8(10(13)15-11)6-7-4-3-5-16-7/h3-6H,1-2H3. The Hall–Kier alpha value is -1.62. The fourth-order valence-electron chi connectivity index (χ4n) is 1.29. The number of carbonyl (C=O) groups is 2. The summed E-state index contributed by atoms with van der Waals surface area (Å²) >= 11 is 1.43. The summed E-state index contributed by atoms with van der Waals surface area (Å²) in [6.45, 7) is 3.04. The van der Waals surface area contributed by atoms with Crippen molar-refractivity contribution in [3.05, 3.63) is 28.0 Å². The molecule has 1 aliphatic rings. The lowest BCUT2D eigenvalue weighted by atomic mass is 10.2. The van der Waals surface area contributed by atoms with Crippen molar-refractivity contribution in [3.8, 4) is 0 Å². The van der Waals surface area contributed by atoms with Crippen LogP contribution in [0.3, 0.4) is 0 Å². The van der Waals surface area contributed by atoms with E-state index < -0.39 is 17.7 Å². The lowest BCUT2D eigenvalue weighted by molar-refractivity contribution is -0.222. The molecule has 5 heteroatoms. The molecule has 0 amide bonds. The van der Waals surface area contributed by atoms with Gasteiger partial charge in [0.05, 0.1) is 0 Å². The van der Waals surface area contributed by atoms with Crippen LogP contribution in [0, 0.1) is 0 Å². The monoisotopic (exact) mass is 238 g/mol. The fraction of sp³-hybridized carbons (Fsp3) is 0.273. The predicted octanol–water partition coefficient (Wildman–Crippen LogP) is 1.97. The molecule has 0 atom stereocenters. The third kappa shape index (κ3) is 2.14. The van der Waals surface area contributed by atoms with Crippen molar-refractivity contribution in [2.45, 2.75) is 19.6 Å². The molecule has 16 heavy (non-hydrogen) atoms. The van der Waals surface area contributed by atoms with Gasteiger partial charge in [-0.15, -0.1) is 11.3 Å². The summed E-state index contributed by atoms with van der Waals surface area (Å²) in [5, 5.41) is 1.86. The zero-order valence-corrected chi connectivity index (χ0v) is 9.67. The maximum Gasteiger partial charge on any atom is 0.348 e. The molecule has 1 aromatic rings. The average molecular weight is 238 g/mol. The molecule has 0 aliphatic carbocycles.